The van der Waals surface area contributed by atoms with Crippen LogP contribution in [0.4, 0.5) is 0 Å². The van der Waals surface area contributed by atoms with Crippen molar-refractivity contribution in [3.05, 3.63) is 59.2 Å². The Labute approximate surface area is 195 Å². The zero-order chi connectivity index (χ0) is 23.2. The molecule has 0 unspecified atom stereocenters. The Morgan fingerprint density at radius 3 is 2.76 bits per heavy atom. The number of piperidine rings is 1. The third-order valence-electron chi connectivity index (χ3n) is 7.43. The van der Waals surface area contributed by atoms with Gasteiger partial charge in [0.05, 0.1) is 12.2 Å². The van der Waals surface area contributed by atoms with Gasteiger partial charge in [-0.05, 0) is 68.9 Å². The first-order valence-corrected chi connectivity index (χ1v) is 11.9. The van der Waals surface area contributed by atoms with Gasteiger partial charge in [0, 0.05) is 31.1 Å². The maximum absolute atomic E-state index is 10.7. The molecule has 4 atom stereocenters. The third-order valence-corrected chi connectivity index (χ3v) is 7.43. The molecule has 1 N–H and O–H groups in total. The average molecular weight is 452 g/mol. The lowest BCUT2D eigenvalue weighted by Crippen LogP contribution is -2.55. The van der Waals surface area contributed by atoms with Crippen molar-refractivity contribution in [3.8, 4) is 11.5 Å². The first-order chi connectivity index (χ1) is 15.8. The standard InChI is InChI=1S/C27H33NO5/c1-17-4-9-21-24(12-17)33-27(2,3)22-13-19-15-28(11-10-23(19)32-26(21)22)14-18-5-7-20(8-6-18)31-16-25(29)30/h4-9,12,19,22-23,26H,10-11,13-16H2,1-3H3,(H,29,30)/t19-,22+,23+,26-/m0/s1. The number of carbonyl (C=O) groups is 1. The van der Waals surface area contributed by atoms with Crippen LogP contribution in [-0.4, -0.2) is 47.4 Å². The van der Waals surface area contributed by atoms with E-state index in [1.807, 2.05) is 24.3 Å². The molecule has 2 aromatic carbocycles. The van der Waals surface area contributed by atoms with E-state index in [0.29, 0.717) is 17.6 Å². The Bertz CT molecular complexity index is 1020. The van der Waals surface area contributed by atoms with E-state index in [1.165, 1.54) is 16.7 Å². The minimum Gasteiger partial charge on any atom is -0.487 e. The van der Waals surface area contributed by atoms with Gasteiger partial charge >= 0.3 is 5.97 Å². The summed E-state index contributed by atoms with van der Waals surface area (Å²) in [6, 6.07) is 14.2. The van der Waals surface area contributed by atoms with E-state index >= 15 is 0 Å². The number of hydrogen-bond acceptors (Lipinski definition) is 5. The molecule has 3 heterocycles. The third kappa shape index (κ3) is 4.59. The van der Waals surface area contributed by atoms with E-state index in [9.17, 15) is 4.79 Å². The molecule has 3 aliphatic rings. The van der Waals surface area contributed by atoms with Crippen LogP contribution in [-0.2, 0) is 16.1 Å². The van der Waals surface area contributed by atoms with Gasteiger partial charge in [0.15, 0.2) is 6.61 Å². The number of likely N-dealkylation sites (tertiary alicyclic amines) is 1. The molecule has 2 fully saturated rings. The fourth-order valence-electron chi connectivity index (χ4n) is 5.72. The highest BCUT2D eigenvalue weighted by Gasteiger charge is 2.51. The van der Waals surface area contributed by atoms with Crippen LogP contribution in [0.5, 0.6) is 11.5 Å². The molecule has 2 aromatic rings. The van der Waals surface area contributed by atoms with E-state index in [-0.39, 0.29) is 24.4 Å². The van der Waals surface area contributed by atoms with Gasteiger partial charge in [-0.25, -0.2) is 4.79 Å². The molecular formula is C27H33NO5. The molecule has 0 bridgehead atoms. The van der Waals surface area contributed by atoms with Gasteiger partial charge in [0.1, 0.15) is 17.1 Å². The molecule has 0 amide bonds. The SMILES string of the molecule is Cc1ccc2c(c1)OC(C)(C)[C@@H]1C[C@H]3CN(Cc4ccc(OCC(=O)O)cc4)CC[C@H]3O[C@@H]21. The van der Waals surface area contributed by atoms with Crippen molar-refractivity contribution >= 4 is 5.97 Å². The number of ether oxygens (including phenoxy) is 3. The highest BCUT2D eigenvalue weighted by molar-refractivity contribution is 5.68. The number of aryl methyl sites for hydroxylation is 1. The summed E-state index contributed by atoms with van der Waals surface area (Å²) in [7, 11) is 0. The largest absolute Gasteiger partial charge is 0.487 e. The fourth-order valence-corrected chi connectivity index (χ4v) is 5.72. The molecule has 0 spiro atoms. The first kappa shape index (κ1) is 22.2. The molecule has 3 aliphatic heterocycles. The molecule has 176 valence electrons. The van der Waals surface area contributed by atoms with E-state index in [1.54, 1.807) is 0 Å². The zero-order valence-corrected chi connectivity index (χ0v) is 19.6. The molecule has 0 radical (unpaired) electrons. The normalized spacial score (nSPS) is 28.1. The number of rotatable bonds is 5. The lowest BCUT2D eigenvalue weighted by molar-refractivity contribution is -0.187. The van der Waals surface area contributed by atoms with Crippen molar-refractivity contribution in [3.63, 3.8) is 0 Å². The van der Waals surface area contributed by atoms with Crippen molar-refractivity contribution in [1.82, 2.24) is 4.90 Å². The van der Waals surface area contributed by atoms with E-state index in [4.69, 9.17) is 19.3 Å². The molecule has 6 nitrogen and oxygen atoms in total. The van der Waals surface area contributed by atoms with Gasteiger partial charge < -0.3 is 19.3 Å². The van der Waals surface area contributed by atoms with Gasteiger partial charge in [-0.3, -0.25) is 4.90 Å². The zero-order valence-electron chi connectivity index (χ0n) is 19.6. The summed E-state index contributed by atoms with van der Waals surface area (Å²) in [6.45, 7) is 9.09. The van der Waals surface area contributed by atoms with Crippen molar-refractivity contribution in [1.29, 1.82) is 0 Å². The quantitative estimate of drug-likeness (QED) is 0.717. The van der Waals surface area contributed by atoms with Crippen molar-refractivity contribution < 1.29 is 24.1 Å². The highest BCUT2D eigenvalue weighted by atomic mass is 16.5. The number of carboxylic acid groups (broad SMARTS) is 1. The summed E-state index contributed by atoms with van der Waals surface area (Å²) in [6.07, 6.45) is 2.54. The number of nitrogens with zero attached hydrogens (tertiary/aromatic N) is 1. The van der Waals surface area contributed by atoms with Crippen LogP contribution in [0.15, 0.2) is 42.5 Å². The minimum absolute atomic E-state index is 0.107. The maximum Gasteiger partial charge on any atom is 0.341 e. The van der Waals surface area contributed by atoms with Crippen LogP contribution in [0, 0.1) is 18.8 Å². The lowest BCUT2D eigenvalue weighted by atomic mass is 9.70. The van der Waals surface area contributed by atoms with Crippen LogP contribution in [0.2, 0.25) is 0 Å². The van der Waals surface area contributed by atoms with Crippen LogP contribution in [0.1, 0.15) is 49.5 Å². The smallest absolute Gasteiger partial charge is 0.341 e. The van der Waals surface area contributed by atoms with E-state index < -0.39 is 5.97 Å². The van der Waals surface area contributed by atoms with Crippen molar-refractivity contribution in [2.45, 2.75) is 58.0 Å². The number of benzene rings is 2. The summed E-state index contributed by atoms with van der Waals surface area (Å²) in [4.78, 5) is 13.2. The summed E-state index contributed by atoms with van der Waals surface area (Å²) in [5.74, 6) is 1.42. The molecule has 5 rings (SSSR count). The lowest BCUT2D eigenvalue weighted by Gasteiger charge is -2.53. The van der Waals surface area contributed by atoms with Crippen LogP contribution < -0.4 is 9.47 Å². The predicted octanol–water partition coefficient (Wildman–Crippen LogP) is 4.60. The van der Waals surface area contributed by atoms with E-state index in [0.717, 1.165) is 38.2 Å². The summed E-state index contributed by atoms with van der Waals surface area (Å²) >= 11 is 0. The first-order valence-electron chi connectivity index (χ1n) is 11.9. The minimum atomic E-state index is -0.968. The molecule has 2 saturated heterocycles. The van der Waals surface area contributed by atoms with Gasteiger partial charge in [-0.15, -0.1) is 0 Å². The van der Waals surface area contributed by atoms with Crippen LogP contribution in [0.3, 0.4) is 0 Å². The molecule has 0 aliphatic carbocycles. The Hall–Kier alpha value is -2.57. The summed E-state index contributed by atoms with van der Waals surface area (Å²) in [5, 5.41) is 8.75. The van der Waals surface area contributed by atoms with Gasteiger partial charge in [0.25, 0.3) is 0 Å². The average Bonchev–Trinajstić information content (AvgIpc) is 2.77. The number of hydrogen-bond donors (Lipinski definition) is 1. The van der Waals surface area contributed by atoms with E-state index in [2.05, 4.69) is 43.9 Å². The Morgan fingerprint density at radius 2 is 2.00 bits per heavy atom. The van der Waals surface area contributed by atoms with Crippen molar-refractivity contribution in [2.75, 3.05) is 19.7 Å². The second kappa shape index (κ2) is 8.65. The molecule has 0 aromatic heterocycles. The van der Waals surface area contributed by atoms with Crippen molar-refractivity contribution in [2.24, 2.45) is 11.8 Å². The molecule has 6 heteroatoms. The van der Waals surface area contributed by atoms with Gasteiger partial charge in [0.2, 0.25) is 0 Å². The summed E-state index contributed by atoms with van der Waals surface area (Å²) < 4.78 is 18.5. The Balaban J connectivity index is 1.25. The maximum atomic E-state index is 10.7. The number of aliphatic carboxylic acids is 1. The topological polar surface area (TPSA) is 68.2 Å². The fraction of sp³-hybridized carbons (Fsp3) is 0.519. The Morgan fingerprint density at radius 1 is 1.21 bits per heavy atom. The Kier molecular flexibility index (Phi) is 5.83. The monoisotopic (exact) mass is 451 g/mol. The predicted molar refractivity (Wildman–Crippen MR) is 125 cm³/mol. The van der Waals surface area contributed by atoms with Gasteiger partial charge in [-0.2, -0.15) is 0 Å². The van der Waals surface area contributed by atoms with Crippen LogP contribution in [0.25, 0.3) is 0 Å². The molecule has 33 heavy (non-hydrogen) atoms. The highest BCUT2D eigenvalue weighted by Crippen LogP contribution is 2.53. The summed E-state index contributed by atoms with van der Waals surface area (Å²) in [5.41, 5.74) is 3.36. The van der Waals surface area contributed by atoms with Gasteiger partial charge in [-0.1, -0.05) is 24.3 Å². The number of fused-ring (bicyclic) bond motifs is 4. The second-order valence-corrected chi connectivity index (χ2v) is 10.3. The number of carboxylic acids is 1. The van der Waals surface area contributed by atoms with Crippen LogP contribution >= 0.6 is 0 Å². The molecular weight excluding hydrogens is 418 g/mol. The molecule has 0 saturated carbocycles. The second-order valence-electron chi connectivity index (χ2n) is 10.3.